The van der Waals surface area contributed by atoms with E-state index >= 15 is 0 Å². The minimum atomic E-state index is -0.0504. The summed E-state index contributed by atoms with van der Waals surface area (Å²) in [7, 11) is 0. The zero-order valence-electron chi connectivity index (χ0n) is 11.4. The Balaban J connectivity index is 2.17. The van der Waals surface area contributed by atoms with Gasteiger partial charge in [0.1, 0.15) is 17.2 Å². The van der Waals surface area contributed by atoms with Crippen molar-refractivity contribution >= 4 is 5.84 Å². The van der Waals surface area contributed by atoms with Gasteiger partial charge in [-0.15, -0.1) is 0 Å². The van der Waals surface area contributed by atoms with Crippen LogP contribution in [-0.4, -0.2) is 16.0 Å². The first-order valence-corrected chi connectivity index (χ1v) is 6.32. The number of amidine groups is 1. The molecule has 0 fully saturated rings. The van der Waals surface area contributed by atoms with E-state index in [0.29, 0.717) is 17.4 Å². The van der Waals surface area contributed by atoms with Crippen molar-refractivity contribution < 1.29 is 9.94 Å². The van der Waals surface area contributed by atoms with Crippen LogP contribution in [0.3, 0.4) is 0 Å². The van der Waals surface area contributed by atoms with E-state index in [2.05, 4.69) is 24.0 Å². The molecule has 0 aliphatic heterocycles. The van der Waals surface area contributed by atoms with Gasteiger partial charge in [0.25, 0.3) is 0 Å². The van der Waals surface area contributed by atoms with E-state index in [1.54, 1.807) is 18.3 Å². The maximum absolute atomic E-state index is 8.63. The van der Waals surface area contributed by atoms with Crippen LogP contribution in [0, 0.1) is 0 Å². The Kier molecular flexibility index (Phi) is 4.20. The van der Waals surface area contributed by atoms with Gasteiger partial charge in [0.15, 0.2) is 5.84 Å². The Morgan fingerprint density at radius 3 is 2.50 bits per heavy atom. The number of aromatic nitrogens is 1. The minimum Gasteiger partial charge on any atom is -0.457 e. The Labute approximate surface area is 117 Å². The Hall–Kier alpha value is -2.56. The molecule has 2 aromatic rings. The predicted molar refractivity (Wildman–Crippen MR) is 77.4 cm³/mol. The molecule has 0 bridgehead atoms. The van der Waals surface area contributed by atoms with Crippen LogP contribution in [0.2, 0.25) is 0 Å². The number of hydrogen-bond acceptors (Lipinski definition) is 4. The number of benzene rings is 1. The van der Waals surface area contributed by atoms with E-state index in [4.69, 9.17) is 15.7 Å². The third-order valence-corrected chi connectivity index (χ3v) is 2.88. The number of nitrogens with zero attached hydrogens (tertiary/aromatic N) is 2. The van der Waals surface area contributed by atoms with Crippen molar-refractivity contribution in [2.45, 2.75) is 19.8 Å². The van der Waals surface area contributed by atoms with Crippen molar-refractivity contribution in [3.8, 4) is 11.5 Å². The van der Waals surface area contributed by atoms with E-state index in [-0.39, 0.29) is 5.84 Å². The number of nitrogens with two attached hydrogens (primary N) is 1. The molecule has 0 radical (unpaired) electrons. The van der Waals surface area contributed by atoms with Crippen LogP contribution in [0.5, 0.6) is 11.5 Å². The van der Waals surface area contributed by atoms with Crippen molar-refractivity contribution in [1.82, 2.24) is 4.98 Å². The van der Waals surface area contributed by atoms with Gasteiger partial charge in [0.05, 0.1) is 0 Å². The molecule has 0 saturated carbocycles. The summed E-state index contributed by atoms with van der Waals surface area (Å²) in [5, 5.41) is 11.5. The summed E-state index contributed by atoms with van der Waals surface area (Å²) in [5.41, 5.74) is 7.11. The largest absolute Gasteiger partial charge is 0.457 e. The third-order valence-electron chi connectivity index (χ3n) is 2.88. The molecule has 1 aromatic heterocycles. The molecule has 0 amide bonds. The fourth-order valence-corrected chi connectivity index (χ4v) is 1.72. The second-order valence-corrected chi connectivity index (χ2v) is 4.69. The quantitative estimate of drug-likeness (QED) is 0.387. The lowest BCUT2D eigenvalue weighted by Gasteiger charge is -2.09. The van der Waals surface area contributed by atoms with E-state index in [1.165, 1.54) is 5.56 Å². The Morgan fingerprint density at radius 2 is 1.90 bits per heavy atom. The fourth-order valence-electron chi connectivity index (χ4n) is 1.72. The lowest BCUT2D eigenvalue weighted by atomic mass is 10.0. The number of ether oxygens (including phenoxy) is 1. The molecule has 0 atom stereocenters. The van der Waals surface area contributed by atoms with Crippen LogP contribution < -0.4 is 10.5 Å². The first-order valence-electron chi connectivity index (χ1n) is 6.32. The highest BCUT2D eigenvalue weighted by Crippen LogP contribution is 2.24. The van der Waals surface area contributed by atoms with Crippen LogP contribution >= 0.6 is 0 Å². The fraction of sp³-hybridized carbons (Fsp3) is 0.200. The summed E-state index contributed by atoms with van der Waals surface area (Å²) in [6.07, 6.45) is 1.55. The standard InChI is InChI=1S/C15H17N3O2/c1-10(2)11-3-5-12(6-4-11)20-13-7-8-17-14(9-13)15(16)18-19/h3-10,19H,1-2H3,(H2,16,18). The topological polar surface area (TPSA) is 80.7 Å². The average Bonchev–Trinajstić information content (AvgIpc) is 2.47. The van der Waals surface area contributed by atoms with Gasteiger partial charge in [0.2, 0.25) is 0 Å². The molecule has 2 rings (SSSR count). The molecule has 104 valence electrons. The molecule has 0 unspecified atom stereocenters. The summed E-state index contributed by atoms with van der Waals surface area (Å²) in [4.78, 5) is 3.99. The summed E-state index contributed by atoms with van der Waals surface area (Å²) >= 11 is 0. The molecule has 1 heterocycles. The van der Waals surface area contributed by atoms with Crippen molar-refractivity contribution in [2.24, 2.45) is 10.9 Å². The number of rotatable bonds is 4. The zero-order valence-corrected chi connectivity index (χ0v) is 11.4. The van der Waals surface area contributed by atoms with Gasteiger partial charge >= 0.3 is 0 Å². The highest BCUT2D eigenvalue weighted by atomic mass is 16.5. The predicted octanol–water partition coefficient (Wildman–Crippen LogP) is 3.09. The highest BCUT2D eigenvalue weighted by Gasteiger charge is 2.05. The van der Waals surface area contributed by atoms with Crippen LogP contribution in [0.1, 0.15) is 31.0 Å². The number of oxime groups is 1. The monoisotopic (exact) mass is 271 g/mol. The smallest absolute Gasteiger partial charge is 0.188 e. The summed E-state index contributed by atoms with van der Waals surface area (Å²) < 4.78 is 5.72. The number of pyridine rings is 1. The lowest BCUT2D eigenvalue weighted by Crippen LogP contribution is -2.14. The van der Waals surface area contributed by atoms with Gasteiger partial charge in [-0.2, -0.15) is 0 Å². The van der Waals surface area contributed by atoms with Crippen molar-refractivity contribution in [3.63, 3.8) is 0 Å². The number of hydrogen-bond donors (Lipinski definition) is 2. The first kappa shape index (κ1) is 13.9. The molecule has 0 spiro atoms. The van der Waals surface area contributed by atoms with Crippen molar-refractivity contribution in [3.05, 3.63) is 53.9 Å². The van der Waals surface area contributed by atoms with Crippen molar-refractivity contribution in [1.29, 1.82) is 0 Å². The molecule has 5 heteroatoms. The van der Waals surface area contributed by atoms with Crippen molar-refractivity contribution in [2.75, 3.05) is 0 Å². The Bertz CT molecular complexity index is 607. The maximum atomic E-state index is 8.63. The molecule has 3 N–H and O–H groups in total. The zero-order chi connectivity index (χ0) is 14.5. The van der Waals surface area contributed by atoms with Gasteiger partial charge in [-0.1, -0.05) is 31.1 Å². The van der Waals surface area contributed by atoms with Gasteiger partial charge in [-0.05, 0) is 29.7 Å². The molecule has 0 aliphatic carbocycles. The Morgan fingerprint density at radius 1 is 1.20 bits per heavy atom. The van der Waals surface area contributed by atoms with Crippen LogP contribution in [0.4, 0.5) is 0 Å². The SMILES string of the molecule is CC(C)c1ccc(Oc2ccnc(C(N)=NO)c2)cc1. The summed E-state index contributed by atoms with van der Waals surface area (Å²) in [6.45, 7) is 4.28. The minimum absolute atomic E-state index is 0.0504. The molecule has 0 aliphatic rings. The molecule has 20 heavy (non-hydrogen) atoms. The summed E-state index contributed by atoms with van der Waals surface area (Å²) in [6, 6.07) is 11.2. The van der Waals surface area contributed by atoms with E-state index < -0.39 is 0 Å². The lowest BCUT2D eigenvalue weighted by molar-refractivity contribution is 0.318. The van der Waals surface area contributed by atoms with E-state index in [1.807, 2.05) is 24.3 Å². The van der Waals surface area contributed by atoms with Crippen LogP contribution in [0.15, 0.2) is 47.8 Å². The van der Waals surface area contributed by atoms with E-state index in [0.717, 1.165) is 5.75 Å². The second-order valence-electron chi connectivity index (χ2n) is 4.69. The van der Waals surface area contributed by atoms with Crippen LogP contribution in [-0.2, 0) is 0 Å². The molecule has 5 nitrogen and oxygen atoms in total. The maximum Gasteiger partial charge on any atom is 0.188 e. The first-order chi connectivity index (χ1) is 9.60. The van der Waals surface area contributed by atoms with Gasteiger partial charge in [-0.25, -0.2) is 0 Å². The molecular weight excluding hydrogens is 254 g/mol. The molecular formula is C15H17N3O2. The summed E-state index contributed by atoms with van der Waals surface area (Å²) in [5.74, 6) is 1.74. The van der Waals surface area contributed by atoms with Gasteiger partial charge in [-0.3, -0.25) is 4.98 Å². The van der Waals surface area contributed by atoms with Crippen LogP contribution in [0.25, 0.3) is 0 Å². The normalized spacial score (nSPS) is 11.7. The highest BCUT2D eigenvalue weighted by molar-refractivity contribution is 5.95. The average molecular weight is 271 g/mol. The second kappa shape index (κ2) is 6.06. The van der Waals surface area contributed by atoms with E-state index in [9.17, 15) is 0 Å². The van der Waals surface area contributed by atoms with Gasteiger partial charge < -0.3 is 15.7 Å². The third kappa shape index (κ3) is 3.26. The molecule has 0 saturated heterocycles. The molecule has 1 aromatic carbocycles. The van der Waals surface area contributed by atoms with Gasteiger partial charge in [0, 0.05) is 12.3 Å².